The van der Waals surface area contributed by atoms with Gasteiger partial charge in [-0.3, -0.25) is 9.88 Å². The molecule has 3 aromatic rings. The number of hydrogen-bond acceptors (Lipinski definition) is 4. The highest BCUT2D eigenvalue weighted by Gasteiger charge is 2.37. The van der Waals surface area contributed by atoms with Crippen LogP contribution in [0.25, 0.3) is 10.9 Å². The number of morpholine rings is 1. The van der Waals surface area contributed by atoms with E-state index in [2.05, 4.69) is 17.1 Å². The van der Waals surface area contributed by atoms with Crippen molar-refractivity contribution in [3.8, 4) is 0 Å². The van der Waals surface area contributed by atoms with E-state index in [1.165, 1.54) is 17.5 Å². The Morgan fingerprint density at radius 1 is 1.00 bits per heavy atom. The fraction of sp³-hybridized carbons (Fsp3) is 0.400. The molecule has 1 N–H and O–H groups in total. The highest BCUT2D eigenvalue weighted by molar-refractivity contribution is 5.77. The number of aliphatic hydroxyl groups is 1. The van der Waals surface area contributed by atoms with E-state index in [1.54, 1.807) is 19.9 Å². The molecule has 2 heterocycles. The normalized spacial score (nSPS) is 17.8. The van der Waals surface area contributed by atoms with Crippen LogP contribution in [0.5, 0.6) is 0 Å². The second-order valence-corrected chi connectivity index (χ2v) is 8.20. The fourth-order valence-electron chi connectivity index (χ4n) is 4.07. The van der Waals surface area contributed by atoms with Gasteiger partial charge in [0.2, 0.25) is 0 Å². The molecule has 2 aromatic carbocycles. The summed E-state index contributed by atoms with van der Waals surface area (Å²) in [6.07, 6.45) is -2.34. The molecule has 1 aromatic heterocycles. The van der Waals surface area contributed by atoms with Crippen molar-refractivity contribution in [1.82, 2.24) is 9.88 Å². The van der Waals surface area contributed by atoms with Crippen LogP contribution in [0.3, 0.4) is 0 Å². The molecular weight excluding hydrogens is 417 g/mol. The molecule has 172 valence electrons. The molecule has 0 saturated carbocycles. The van der Waals surface area contributed by atoms with Crippen LogP contribution in [0.2, 0.25) is 0 Å². The molecule has 0 radical (unpaired) electrons. The van der Waals surface area contributed by atoms with Gasteiger partial charge in [-0.1, -0.05) is 49.4 Å². The van der Waals surface area contributed by atoms with Crippen molar-refractivity contribution in [3.05, 3.63) is 78.0 Å². The van der Waals surface area contributed by atoms with E-state index in [0.717, 1.165) is 11.6 Å². The van der Waals surface area contributed by atoms with Gasteiger partial charge in [0.05, 0.1) is 24.3 Å². The topological polar surface area (TPSA) is 45.6 Å². The molecule has 0 aliphatic carbocycles. The molecule has 0 bridgehead atoms. The van der Waals surface area contributed by atoms with E-state index in [-0.39, 0.29) is 12.0 Å². The lowest BCUT2D eigenvalue weighted by Crippen LogP contribution is -2.52. The lowest BCUT2D eigenvalue weighted by molar-refractivity contribution is -0.142. The Morgan fingerprint density at radius 2 is 1.62 bits per heavy atom. The van der Waals surface area contributed by atoms with Gasteiger partial charge in [-0.2, -0.15) is 13.2 Å². The van der Waals surface area contributed by atoms with Gasteiger partial charge < -0.3 is 9.84 Å². The highest BCUT2D eigenvalue weighted by Crippen LogP contribution is 2.38. The van der Waals surface area contributed by atoms with Crippen molar-refractivity contribution in [3.63, 3.8) is 0 Å². The smallest absolute Gasteiger partial charge is 0.379 e. The van der Waals surface area contributed by atoms with Gasteiger partial charge in [0, 0.05) is 24.7 Å². The summed E-state index contributed by atoms with van der Waals surface area (Å²) in [5.41, 5.74) is -0.490. The molecule has 4 rings (SSSR count). The number of fused-ring (bicyclic) bond motifs is 1. The summed E-state index contributed by atoms with van der Waals surface area (Å²) in [5, 5.41) is 11.9. The van der Waals surface area contributed by atoms with Crippen molar-refractivity contribution in [2.24, 2.45) is 0 Å². The number of ether oxygens (including phenoxy) is 1. The maximum absolute atomic E-state index is 13.1. The molecule has 2 atom stereocenters. The first kappa shape index (κ1) is 24.2. The minimum atomic E-state index is -4.38. The SMILES string of the molecule is CC(CC(C)(O)N1CCOCC1)c1ccccc1C(F)(F)F.c1ccc2ncccc2c1. The van der Waals surface area contributed by atoms with Crippen LogP contribution in [-0.4, -0.2) is 47.0 Å². The molecule has 4 nitrogen and oxygen atoms in total. The quantitative estimate of drug-likeness (QED) is 0.577. The predicted octanol–water partition coefficient (Wildman–Crippen LogP) is 5.47. The lowest BCUT2D eigenvalue weighted by atomic mass is 9.88. The van der Waals surface area contributed by atoms with Gasteiger partial charge in [-0.05, 0) is 43.0 Å². The third-order valence-corrected chi connectivity index (χ3v) is 5.69. The molecule has 32 heavy (non-hydrogen) atoms. The van der Waals surface area contributed by atoms with Gasteiger partial charge in [0.25, 0.3) is 0 Å². The van der Waals surface area contributed by atoms with E-state index >= 15 is 0 Å². The average Bonchev–Trinajstić information content (AvgIpc) is 2.79. The molecule has 1 fully saturated rings. The van der Waals surface area contributed by atoms with Crippen LogP contribution in [0.15, 0.2) is 66.9 Å². The van der Waals surface area contributed by atoms with E-state index in [1.807, 2.05) is 35.4 Å². The zero-order valence-electron chi connectivity index (χ0n) is 18.3. The largest absolute Gasteiger partial charge is 0.416 e. The number of pyridine rings is 1. The van der Waals surface area contributed by atoms with Crippen molar-refractivity contribution >= 4 is 10.9 Å². The van der Waals surface area contributed by atoms with Gasteiger partial charge in [-0.15, -0.1) is 0 Å². The minimum absolute atomic E-state index is 0.225. The molecule has 1 saturated heterocycles. The summed E-state index contributed by atoms with van der Waals surface area (Å²) < 4.78 is 44.6. The van der Waals surface area contributed by atoms with Crippen LogP contribution in [-0.2, 0) is 10.9 Å². The first-order valence-corrected chi connectivity index (χ1v) is 10.7. The van der Waals surface area contributed by atoms with Crippen molar-refractivity contribution in [2.75, 3.05) is 26.3 Å². The zero-order chi connectivity index (χ0) is 23.2. The number of aromatic nitrogens is 1. The number of nitrogens with zero attached hydrogens (tertiary/aromatic N) is 2. The third kappa shape index (κ3) is 6.28. The molecule has 7 heteroatoms. The second kappa shape index (κ2) is 10.4. The number of halogens is 3. The molecule has 1 aliphatic rings. The van der Waals surface area contributed by atoms with Gasteiger partial charge >= 0.3 is 6.18 Å². The number of rotatable bonds is 4. The maximum Gasteiger partial charge on any atom is 0.416 e. The lowest BCUT2D eigenvalue weighted by Gasteiger charge is -2.41. The third-order valence-electron chi connectivity index (χ3n) is 5.69. The number of hydrogen-bond donors (Lipinski definition) is 1. The molecule has 1 aliphatic heterocycles. The summed E-state index contributed by atoms with van der Waals surface area (Å²) in [6, 6.07) is 17.7. The summed E-state index contributed by atoms with van der Waals surface area (Å²) in [5.74, 6) is -0.407. The standard InChI is InChI=1S/C16H22F3NO2.C9H7N/c1-12(11-15(2,21)20-7-9-22-10-8-20)13-5-3-4-6-14(13)16(17,18)19;1-2-6-9-8(4-1)5-3-7-10-9/h3-6,12,21H,7-11H2,1-2H3;1-7H. The number of para-hydroxylation sites is 1. The van der Waals surface area contributed by atoms with Crippen LogP contribution < -0.4 is 0 Å². The van der Waals surface area contributed by atoms with E-state index in [9.17, 15) is 18.3 Å². The van der Waals surface area contributed by atoms with E-state index in [0.29, 0.717) is 26.3 Å². The van der Waals surface area contributed by atoms with Crippen molar-refractivity contribution < 1.29 is 23.0 Å². The van der Waals surface area contributed by atoms with Gasteiger partial charge in [0.1, 0.15) is 5.72 Å². The maximum atomic E-state index is 13.1. The monoisotopic (exact) mass is 446 g/mol. The summed E-state index contributed by atoms with van der Waals surface area (Å²) in [6.45, 7) is 5.61. The Labute approximate surface area is 186 Å². The predicted molar refractivity (Wildman–Crippen MR) is 119 cm³/mol. The Bertz CT molecular complexity index is 936. The zero-order valence-corrected chi connectivity index (χ0v) is 18.3. The van der Waals surface area contributed by atoms with Crippen LogP contribution in [0.1, 0.15) is 37.3 Å². The highest BCUT2D eigenvalue weighted by atomic mass is 19.4. The van der Waals surface area contributed by atoms with Crippen LogP contribution >= 0.6 is 0 Å². The first-order valence-electron chi connectivity index (χ1n) is 10.7. The Hall–Kier alpha value is -2.48. The van der Waals surface area contributed by atoms with Gasteiger partial charge in [0.15, 0.2) is 0 Å². The number of alkyl halides is 3. The average molecular weight is 447 g/mol. The molecule has 0 spiro atoms. The Kier molecular flexibility index (Phi) is 7.87. The fourth-order valence-corrected chi connectivity index (χ4v) is 4.07. The molecular formula is C25H29F3N2O2. The summed E-state index contributed by atoms with van der Waals surface area (Å²) in [7, 11) is 0. The van der Waals surface area contributed by atoms with Crippen molar-refractivity contribution in [1.29, 1.82) is 0 Å². The van der Waals surface area contributed by atoms with E-state index in [4.69, 9.17) is 4.74 Å². The summed E-state index contributed by atoms with van der Waals surface area (Å²) >= 11 is 0. The Morgan fingerprint density at radius 3 is 2.31 bits per heavy atom. The minimum Gasteiger partial charge on any atom is -0.379 e. The van der Waals surface area contributed by atoms with Gasteiger partial charge in [-0.25, -0.2) is 0 Å². The van der Waals surface area contributed by atoms with E-state index < -0.39 is 23.4 Å². The Balaban J connectivity index is 0.000000238. The van der Waals surface area contributed by atoms with Crippen LogP contribution in [0.4, 0.5) is 13.2 Å². The first-order chi connectivity index (χ1) is 15.2. The second-order valence-electron chi connectivity index (χ2n) is 8.20. The number of benzene rings is 2. The molecule has 2 unspecified atom stereocenters. The van der Waals surface area contributed by atoms with Crippen LogP contribution in [0, 0.1) is 0 Å². The summed E-state index contributed by atoms with van der Waals surface area (Å²) in [4.78, 5) is 6.05. The molecule has 0 amide bonds. The van der Waals surface area contributed by atoms with Crippen molar-refractivity contribution in [2.45, 2.75) is 38.1 Å².